The van der Waals surface area contributed by atoms with Gasteiger partial charge in [-0.15, -0.1) is 0 Å². The van der Waals surface area contributed by atoms with E-state index in [4.69, 9.17) is 25.5 Å². The van der Waals surface area contributed by atoms with Crippen LogP contribution in [0.3, 0.4) is 0 Å². The second-order valence-electron chi connectivity index (χ2n) is 5.17. The number of hydrogen-bond acceptors (Lipinski definition) is 4. The quantitative estimate of drug-likeness (QED) is 0.629. The number of methoxy groups -OCH3 is 1. The van der Waals surface area contributed by atoms with Gasteiger partial charge in [0.15, 0.2) is 0 Å². The topological polar surface area (TPSA) is 48.7 Å². The van der Waals surface area contributed by atoms with E-state index < -0.39 is 11.8 Å². The molecule has 0 fully saturated rings. The molecule has 124 valence electrons. The molecule has 0 aliphatic rings. The molecule has 0 bridgehead atoms. The summed E-state index contributed by atoms with van der Waals surface area (Å²) < 4.78 is 29.7. The summed E-state index contributed by atoms with van der Waals surface area (Å²) in [5, 5.41) is 0.877. The SMILES string of the molecule is COC(=O)c1c(C)oc2ccc(OCc3c(F)cccc3Cl)cc12. The van der Waals surface area contributed by atoms with Gasteiger partial charge in [-0.05, 0) is 37.3 Å². The highest BCUT2D eigenvalue weighted by Crippen LogP contribution is 2.30. The van der Waals surface area contributed by atoms with Crippen molar-refractivity contribution < 1.29 is 23.1 Å². The highest BCUT2D eigenvalue weighted by Gasteiger charge is 2.19. The number of carbonyl (C=O) groups excluding carboxylic acids is 1. The Morgan fingerprint density at radius 1 is 1.29 bits per heavy atom. The minimum Gasteiger partial charge on any atom is -0.489 e. The highest BCUT2D eigenvalue weighted by molar-refractivity contribution is 6.31. The third-order valence-corrected chi connectivity index (χ3v) is 4.02. The summed E-state index contributed by atoms with van der Waals surface area (Å²) in [5.74, 6) is 0.0115. The molecule has 0 saturated heterocycles. The van der Waals surface area contributed by atoms with Gasteiger partial charge >= 0.3 is 5.97 Å². The van der Waals surface area contributed by atoms with Gasteiger partial charge in [-0.1, -0.05) is 17.7 Å². The van der Waals surface area contributed by atoms with Gasteiger partial charge in [-0.2, -0.15) is 0 Å². The van der Waals surface area contributed by atoms with Crippen LogP contribution < -0.4 is 4.74 Å². The van der Waals surface area contributed by atoms with E-state index in [9.17, 15) is 9.18 Å². The average Bonchev–Trinajstić information content (AvgIpc) is 2.89. The Morgan fingerprint density at radius 3 is 2.79 bits per heavy atom. The van der Waals surface area contributed by atoms with Crippen LogP contribution in [0.1, 0.15) is 21.7 Å². The number of aryl methyl sites for hydroxylation is 1. The van der Waals surface area contributed by atoms with Crippen molar-refractivity contribution in [1.29, 1.82) is 0 Å². The summed E-state index contributed by atoms with van der Waals surface area (Å²) in [4.78, 5) is 11.9. The number of benzene rings is 2. The summed E-state index contributed by atoms with van der Waals surface area (Å²) in [6.07, 6.45) is 0. The number of carbonyl (C=O) groups is 1. The Hall–Kier alpha value is -2.53. The van der Waals surface area contributed by atoms with Crippen LogP contribution in [0.25, 0.3) is 11.0 Å². The predicted molar refractivity (Wildman–Crippen MR) is 88.0 cm³/mol. The maximum Gasteiger partial charge on any atom is 0.342 e. The molecule has 0 spiro atoms. The Labute approximate surface area is 142 Å². The van der Waals surface area contributed by atoms with Crippen LogP contribution >= 0.6 is 11.6 Å². The molecule has 0 radical (unpaired) electrons. The van der Waals surface area contributed by atoms with Gasteiger partial charge < -0.3 is 13.9 Å². The van der Waals surface area contributed by atoms with Gasteiger partial charge in [0.05, 0.1) is 12.1 Å². The van der Waals surface area contributed by atoms with Crippen LogP contribution in [0.15, 0.2) is 40.8 Å². The van der Waals surface area contributed by atoms with Crippen molar-refractivity contribution in [2.45, 2.75) is 13.5 Å². The summed E-state index contributed by atoms with van der Waals surface area (Å²) in [7, 11) is 1.31. The molecule has 0 amide bonds. The molecule has 0 aliphatic heterocycles. The van der Waals surface area contributed by atoms with Crippen LogP contribution in [-0.2, 0) is 11.3 Å². The lowest BCUT2D eigenvalue weighted by Crippen LogP contribution is -2.02. The average molecular weight is 349 g/mol. The number of ether oxygens (including phenoxy) is 2. The van der Waals surface area contributed by atoms with Crippen LogP contribution in [0.5, 0.6) is 5.75 Å². The molecule has 24 heavy (non-hydrogen) atoms. The van der Waals surface area contributed by atoms with E-state index in [-0.39, 0.29) is 12.2 Å². The van der Waals surface area contributed by atoms with Crippen molar-refractivity contribution in [3.63, 3.8) is 0 Å². The lowest BCUT2D eigenvalue weighted by Gasteiger charge is -2.09. The molecule has 0 aliphatic carbocycles. The molecule has 2 aromatic carbocycles. The van der Waals surface area contributed by atoms with Gasteiger partial charge in [-0.25, -0.2) is 9.18 Å². The first-order chi connectivity index (χ1) is 11.5. The molecule has 0 unspecified atom stereocenters. The van der Waals surface area contributed by atoms with Gasteiger partial charge in [0.1, 0.15) is 35.1 Å². The van der Waals surface area contributed by atoms with E-state index in [1.54, 1.807) is 31.2 Å². The first kappa shape index (κ1) is 16.3. The number of fused-ring (bicyclic) bond motifs is 1. The van der Waals surface area contributed by atoms with E-state index >= 15 is 0 Å². The molecule has 0 saturated carbocycles. The van der Waals surface area contributed by atoms with E-state index in [0.29, 0.717) is 33.1 Å². The van der Waals surface area contributed by atoms with Crippen molar-refractivity contribution in [3.8, 4) is 5.75 Å². The van der Waals surface area contributed by atoms with Crippen molar-refractivity contribution in [2.24, 2.45) is 0 Å². The number of furan rings is 1. The zero-order valence-electron chi connectivity index (χ0n) is 13.1. The summed E-state index contributed by atoms with van der Waals surface area (Å²) in [6.45, 7) is 1.66. The molecule has 3 aromatic rings. The Bertz CT molecular complexity index is 897. The smallest absolute Gasteiger partial charge is 0.342 e. The van der Waals surface area contributed by atoms with Crippen molar-refractivity contribution in [2.75, 3.05) is 7.11 Å². The monoisotopic (exact) mass is 348 g/mol. The maximum atomic E-state index is 13.8. The standard InChI is InChI=1S/C18H14ClFO4/c1-10-17(18(21)22-2)12-8-11(6-7-16(12)24-10)23-9-13-14(19)4-3-5-15(13)20/h3-8H,9H2,1-2H3. The highest BCUT2D eigenvalue weighted by atomic mass is 35.5. The van der Waals surface area contributed by atoms with E-state index in [1.807, 2.05) is 0 Å². The normalized spacial score (nSPS) is 10.8. The molecule has 1 aromatic heterocycles. The van der Waals surface area contributed by atoms with Gasteiger partial charge in [0, 0.05) is 10.9 Å². The number of hydrogen-bond donors (Lipinski definition) is 0. The van der Waals surface area contributed by atoms with E-state index in [1.165, 1.54) is 19.2 Å². The number of rotatable bonds is 4. The fourth-order valence-electron chi connectivity index (χ4n) is 2.47. The van der Waals surface area contributed by atoms with Crippen LogP contribution in [-0.4, -0.2) is 13.1 Å². The largest absolute Gasteiger partial charge is 0.489 e. The molecule has 1 heterocycles. The number of esters is 1. The lowest BCUT2D eigenvalue weighted by atomic mass is 10.1. The van der Waals surface area contributed by atoms with Crippen LogP contribution in [0.2, 0.25) is 5.02 Å². The molecule has 4 nitrogen and oxygen atoms in total. The fourth-order valence-corrected chi connectivity index (χ4v) is 2.69. The summed E-state index contributed by atoms with van der Waals surface area (Å²) in [6, 6.07) is 9.48. The van der Waals surface area contributed by atoms with Crippen molar-refractivity contribution in [3.05, 3.63) is 64.1 Å². The van der Waals surface area contributed by atoms with Crippen LogP contribution in [0, 0.1) is 12.7 Å². The second-order valence-corrected chi connectivity index (χ2v) is 5.58. The molecular weight excluding hydrogens is 335 g/mol. The minimum atomic E-state index is -0.486. The lowest BCUT2D eigenvalue weighted by molar-refractivity contribution is 0.0600. The molecule has 0 N–H and O–H groups in total. The predicted octanol–water partition coefficient (Wildman–Crippen LogP) is 4.90. The minimum absolute atomic E-state index is 0.0264. The summed E-state index contributed by atoms with van der Waals surface area (Å²) >= 11 is 5.98. The summed E-state index contributed by atoms with van der Waals surface area (Å²) in [5.41, 5.74) is 1.17. The maximum absolute atomic E-state index is 13.8. The molecule has 0 atom stereocenters. The fraction of sp³-hybridized carbons (Fsp3) is 0.167. The Balaban J connectivity index is 1.92. The molecule has 6 heteroatoms. The molecular formula is C18H14ClFO4. The first-order valence-corrected chi connectivity index (χ1v) is 7.56. The Kier molecular flexibility index (Phi) is 4.44. The third-order valence-electron chi connectivity index (χ3n) is 3.67. The van der Waals surface area contributed by atoms with Gasteiger partial charge in [0.25, 0.3) is 0 Å². The Morgan fingerprint density at radius 2 is 2.08 bits per heavy atom. The first-order valence-electron chi connectivity index (χ1n) is 7.18. The zero-order valence-corrected chi connectivity index (χ0v) is 13.8. The van der Waals surface area contributed by atoms with E-state index in [0.717, 1.165) is 0 Å². The van der Waals surface area contributed by atoms with Gasteiger partial charge in [0.2, 0.25) is 0 Å². The van der Waals surface area contributed by atoms with E-state index in [2.05, 4.69) is 0 Å². The van der Waals surface area contributed by atoms with Gasteiger partial charge in [-0.3, -0.25) is 0 Å². The zero-order chi connectivity index (χ0) is 17.3. The van der Waals surface area contributed by atoms with Crippen molar-refractivity contribution >= 4 is 28.5 Å². The van der Waals surface area contributed by atoms with Crippen molar-refractivity contribution in [1.82, 2.24) is 0 Å². The van der Waals surface area contributed by atoms with Crippen LogP contribution in [0.4, 0.5) is 4.39 Å². The number of halogens is 2. The third kappa shape index (κ3) is 2.95. The molecule has 3 rings (SSSR count). The second kappa shape index (κ2) is 6.53.